The van der Waals surface area contributed by atoms with Gasteiger partial charge in [0, 0.05) is 31.2 Å². The second kappa shape index (κ2) is 9.31. The quantitative estimate of drug-likeness (QED) is 0.775. The van der Waals surface area contributed by atoms with Gasteiger partial charge in [0.1, 0.15) is 0 Å². The summed E-state index contributed by atoms with van der Waals surface area (Å²) in [7, 11) is 0. The van der Waals surface area contributed by atoms with Gasteiger partial charge in [0.15, 0.2) is 0 Å². The zero-order chi connectivity index (χ0) is 17.5. The van der Waals surface area contributed by atoms with Crippen LogP contribution in [0.1, 0.15) is 43.7 Å². The van der Waals surface area contributed by atoms with Crippen LogP contribution in [0.3, 0.4) is 0 Å². The van der Waals surface area contributed by atoms with Gasteiger partial charge in [-0.3, -0.25) is 15.0 Å². The van der Waals surface area contributed by atoms with Gasteiger partial charge < -0.3 is 10.1 Å². The number of rotatable bonds is 4. The Morgan fingerprint density at radius 3 is 2.61 bits per heavy atom. The number of benzene rings is 1. The van der Waals surface area contributed by atoms with E-state index in [1.54, 1.807) is 0 Å². The fourth-order valence-electron chi connectivity index (χ4n) is 4.96. The van der Waals surface area contributed by atoms with E-state index in [9.17, 15) is 4.79 Å². The molecule has 1 aliphatic carbocycles. The average Bonchev–Trinajstić information content (AvgIpc) is 3.25. The molecule has 2 N–H and O–H groups in total. The molecular formula is C21H31Cl2N3O2. The molecule has 5 nitrogen and oxygen atoms in total. The van der Waals surface area contributed by atoms with Gasteiger partial charge >= 0.3 is 0 Å². The molecule has 0 unspecified atom stereocenters. The van der Waals surface area contributed by atoms with Crippen molar-refractivity contribution >= 4 is 30.7 Å². The molecule has 3 aliphatic heterocycles. The molecule has 1 aromatic rings. The molecule has 5 atom stereocenters. The van der Waals surface area contributed by atoms with Crippen molar-refractivity contribution < 1.29 is 9.53 Å². The van der Waals surface area contributed by atoms with Gasteiger partial charge in [-0.1, -0.05) is 30.3 Å². The van der Waals surface area contributed by atoms with Crippen LogP contribution in [0, 0.1) is 5.92 Å². The number of fused-ring (bicyclic) bond motifs is 1. The number of amides is 1. The normalized spacial score (nSPS) is 34.8. The highest BCUT2D eigenvalue weighted by atomic mass is 35.5. The van der Waals surface area contributed by atoms with Crippen LogP contribution in [0.5, 0.6) is 0 Å². The molecule has 5 rings (SSSR count). The number of hydrogen-bond acceptors (Lipinski definition) is 4. The number of morpholine rings is 1. The zero-order valence-corrected chi connectivity index (χ0v) is 17.7. The van der Waals surface area contributed by atoms with Crippen LogP contribution in [0.4, 0.5) is 0 Å². The summed E-state index contributed by atoms with van der Waals surface area (Å²) in [6.45, 7) is 2.88. The van der Waals surface area contributed by atoms with Gasteiger partial charge in [-0.15, -0.1) is 24.8 Å². The first-order valence-electron chi connectivity index (χ1n) is 10.2. The summed E-state index contributed by atoms with van der Waals surface area (Å²) in [5, 5.41) is 6.83. The Kier molecular flexibility index (Phi) is 7.26. The van der Waals surface area contributed by atoms with Crippen molar-refractivity contribution in [2.75, 3.05) is 19.7 Å². The lowest BCUT2D eigenvalue weighted by molar-refractivity contribution is -0.123. The van der Waals surface area contributed by atoms with E-state index >= 15 is 0 Å². The van der Waals surface area contributed by atoms with Crippen LogP contribution < -0.4 is 10.6 Å². The molecule has 1 saturated carbocycles. The molecule has 0 bridgehead atoms. The second-order valence-corrected chi connectivity index (χ2v) is 8.52. The van der Waals surface area contributed by atoms with E-state index in [0.717, 1.165) is 44.9 Å². The molecule has 156 valence electrons. The lowest BCUT2D eigenvalue weighted by atomic mass is 10.1. The predicted octanol–water partition coefficient (Wildman–Crippen LogP) is 2.69. The number of hydrogen-bond donors (Lipinski definition) is 2. The molecule has 7 heteroatoms. The van der Waals surface area contributed by atoms with E-state index in [1.807, 2.05) is 6.07 Å². The van der Waals surface area contributed by atoms with Crippen LogP contribution in [0.25, 0.3) is 0 Å². The van der Waals surface area contributed by atoms with Crippen molar-refractivity contribution in [2.24, 2.45) is 5.92 Å². The Morgan fingerprint density at radius 2 is 1.86 bits per heavy atom. The lowest BCUT2D eigenvalue weighted by Crippen LogP contribution is -2.48. The van der Waals surface area contributed by atoms with Gasteiger partial charge in [-0.25, -0.2) is 0 Å². The first-order chi connectivity index (χ1) is 12.8. The third kappa shape index (κ3) is 4.65. The minimum atomic E-state index is -0.0618. The number of carbonyl (C=O) groups is 1. The third-order valence-corrected chi connectivity index (χ3v) is 6.60. The Morgan fingerprint density at radius 1 is 1.07 bits per heavy atom. The number of carbonyl (C=O) groups excluding carboxylic acids is 1. The highest BCUT2D eigenvalue weighted by Gasteiger charge is 2.43. The van der Waals surface area contributed by atoms with Gasteiger partial charge in [-0.2, -0.15) is 0 Å². The predicted molar refractivity (Wildman–Crippen MR) is 114 cm³/mol. The Balaban J connectivity index is 0.00000112. The lowest BCUT2D eigenvalue weighted by Gasteiger charge is -2.35. The molecule has 0 spiro atoms. The van der Waals surface area contributed by atoms with Crippen LogP contribution in [-0.4, -0.2) is 54.7 Å². The van der Waals surface area contributed by atoms with Gasteiger partial charge in [0.2, 0.25) is 5.91 Å². The van der Waals surface area contributed by atoms with Crippen LogP contribution in [0.2, 0.25) is 0 Å². The monoisotopic (exact) mass is 427 g/mol. The molecule has 3 heterocycles. The molecule has 1 aromatic carbocycles. The SMILES string of the molecule is Cl.Cl.O=C(N[C@H]1C[C@H]2CO[C@H](C3CC3)CN2C1)[C@H]1CC[C@H](c2ccccc2)N1. The van der Waals surface area contributed by atoms with Gasteiger partial charge in [-0.05, 0) is 43.6 Å². The fraction of sp³-hybridized carbons (Fsp3) is 0.667. The first kappa shape index (κ1) is 21.8. The van der Waals surface area contributed by atoms with Crippen molar-refractivity contribution in [3.05, 3.63) is 35.9 Å². The van der Waals surface area contributed by atoms with E-state index < -0.39 is 0 Å². The molecule has 4 fully saturated rings. The van der Waals surface area contributed by atoms with Crippen molar-refractivity contribution in [1.29, 1.82) is 0 Å². The van der Waals surface area contributed by atoms with Gasteiger partial charge in [0.05, 0.1) is 18.8 Å². The summed E-state index contributed by atoms with van der Waals surface area (Å²) in [4.78, 5) is 15.3. The van der Waals surface area contributed by atoms with Crippen molar-refractivity contribution in [1.82, 2.24) is 15.5 Å². The molecule has 1 amide bonds. The molecule has 3 saturated heterocycles. The maximum absolute atomic E-state index is 12.7. The second-order valence-electron chi connectivity index (χ2n) is 8.52. The number of ether oxygens (including phenoxy) is 1. The van der Waals surface area contributed by atoms with Crippen molar-refractivity contribution in [3.63, 3.8) is 0 Å². The molecule has 4 aliphatic rings. The van der Waals surface area contributed by atoms with E-state index in [4.69, 9.17) is 4.74 Å². The van der Waals surface area contributed by atoms with E-state index in [1.165, 1.54) is 18.4 Å². The highest BCUT2D eigenvalue weighted by Crippen LogP contribution is 2.38. The summed E-state index contributed by atoms with van der Waals surface area (Å²) in [5.41, 5.74) is 1.28. The molecule has 28 heavy (non-hydrogen) atoms. The van der Waals surface area contributed by atoms with Crippen molar-refractivity contribution in [3.8, 4) is 0 Å². The van der Waals surface area contributed by atoms with E-state index in [0.29, 0.717) is 18.2 Å². The number of nitrogens with one attached hydrogen (secondary N) is 2. The summed E-state index contributed by atoms with van der Waals surface area (Å²) >= 11 is 0. The van der Waals surface area contributed by atoms with Crippen LogP contribution >= 0.6 is 24.8 Å². The Labute approximate surface area is 179 Å². The largest absolute Gasteiger partial charge is 0.375 e. The molecule has 0 aromatic heterocycles. The topological polar surface area (TPSA) is 53.6 Å². The third-order valence-electron chi connectivity index (χ3n) is 6.60. The maximum atomic E-state index is 12.7. The summed E-state index contributed by atoms with van der Waals surface area (Å²) in [5.74, 6) is 0.968. The average molecular weight is 428 g/mol. The first-order valence-corrected chi connectivity index (χ1v) is 10.2. The van der Waals surface area contributed by atoms with Gasteiger partial charge in [0.25, 0.3) is 0 Å². The summed E-state index contributed by atoms with van der Waals surface area (Å²) in [6, 6.07) is 11.5. The highest BCUT2D eigenvalue weighted by molar-refractivity contribution is 5.85. The summed E-state index contributed by atoms with van der Waals surface area (Å²) in [6.07, 6.45) is 6.07. The minimum absolute atomic E-state index is 0. The van der Waals surface area contributed by atoms with Crippen molar-refractivity contribution in [2.45, 2.75) is 62.4 Å². The van der Waals surface area contributed by atoms with Crippen LogP contribution in [0.15, 0.2) is 30.3 Å². The number of halogens is 2. The molecular weight excluding hydrogens is 397 g/mol. The van der Waals surface area contributed by atoms with E-state index in [-0.39, 0.29) is 42.8 Å². The minimum Gasteiger partial charge on any atom is -0.375 e. The molecule has 0 radical (unpaired) electrons. The zero-order valence-electron chi connectivity index (χ0n) is 16.1. The summed E-state index contributed by atoms with van der Waals surface area (Å²) < 4.78 is 6.07. The Hall–Kier alpha value is -0.850. The number of nitrogens with zero attached hydrogens (tertiary/aromatic N) is 1. The standard InChI is InChI=1S/C21H29N3O2.2ClH/c25-21(19-9-8-18(23-19)14-4-2-1-3-5-14)22-16-10-17-13-26-20(15-6-7-15)12-24(17)11-16;;/h1-5,15-20,23H,6-13H2,(H,22,25);2*1H/t16-,17-,18+,19+,20-;;/m0../s1. The Bertz CT molecular complexity index is 658. The van der Waals surface area contributed by atoms with Crippen LogP contribution in [-0.2, 0) is 9.53 Å². The smallest absolute Gasteiger partial charge is 0.237 e. The maximum Gasteiger partial charge on any atom is 0.237 e. The van der Waals surface area contributed by atoms with E-state index in [2.05, 4.69) is 39.8 Å². The fourth-order valence-corrected chi connectivity index (χ4v) is 4.96.